The zero-order valence-corrected chi connectivity index (χ0v) is 17.2. The lowest BCUT2D eigenvalue weighted by Crippen LogP contribution is -2.38. The number of hydrogen-bond acceptors (Lipinski definition) is 4. The number of carbonyl (C=O) groups is 2. The number of para-hydroxylation sites is 1. The highest BCUT2D eigenvalue weighted by Gasteiger charge is 2.38. The van der Waals surface area contributed by atoms with Crippen LogP contribution in [0.2, 0.25) is 0 Å². The molecule has 0 fully saturated rings. The first-order chi connectivity index (χ1) is 14.7. The molecule has 150 valence electrons. The standard InChI is InChI=1S/C25H21NO3S/c27-22-14-17(23-10-5-11-30-23)13-21-25(22)20(15-24(28)26-21)16-6-4-9-19(12-16)29-18-7-2-1-3-8-18/h1-12,17,20H,13-15H2,(H,26,28). The molecule has 0 spiro atoms. The first kappa shape index (κ1) is 18.8. The molecule has 1 N–H and O–H groups in total. The number of rotatable bonds is 4. The van der Waals surface area contributed by atoms with Gasteiger partial charge >= 0.3 is 0 Å². The van der Waals surface area contributed by atoms with Crippen LogP contribution >= 0.6 is 11.3 Å². The van der Waals surface area contributed by atoms with E-state index in [1.807, 2.05) is 66.0 Å². The maximum absolute atomic E-state index is 13.2. The van der Waals surface area contributed by atoms with Gasteiger partial charge in [-0.05, 0) is 47.7 Å². The summed E-state index contributed by atoms with van der Waals surface area (Å²) in [5.41, 5.74) is 2.49. The summed E-state index contributed by atoms with van der Waals surface area (Å²) in [5, 5.41) is 5.02. The Balaban J connectivity index is 1.47. The predicted molar refractivity (Wildman–Crippen MR) is 117 cm³/mol. The Morgan fingerprint density at radius 2 is 1.70 bits per heavy atom. The van der Waals surface area contributed by atoms with Gasteiger partial charge in [-0.2, -0.15) is 0 Å². The van der Waals surface area contributed by atoms with Crippen molar-refractivity contribution in [1.82, 2.24) is 5.32 Å². The van der Waals surface area contributed by atoms with E-state index in [0.29, 0.717) is 18.6 Å². The zero-order chi connectivity index (χ0) is 20.5. The van der Waals surface area contributed by atoms with Crippen LogP contribution in [0.4, 0.5) is 0 Å². The Hall–Kier alpha value is -3.18. The van der Waals surface area contributed by atoms with Gasteiger partial charge in [0.1, 0.15) is 11.5 Å². The number of thiophene rings is 1. The van der Waals surface area contributed by atoms with E-state index in [9.17, 15) is 9.59 Å². The van der Waals surface area contributed by atoms with Crippen LogP contribution in [0.15, 0.2) is 83.4 Å². The third kappa shape index (κ3) is 3.68. The molecule has 30 heavy (non-hydrogen) atoms. The van der Waals surface area contributed by atoms with E-state index >= 15 is 0 Å². The summed E-state index contributed by atoms with van der Waals surface area (Å²) in [6.45, 7) is 0. The van der Waals surface area contributed by atoms with Gasteiger partial charge in [0.15, 0.2) is 5.78 Å². The zero-order valence-electron chi connectivity index (χ0n) is 16.3. The molecular formula is C25H21NO3S. The lowest BCUT2D eigenvalue weighted by atomic mass is 9.74. The predicted octanol–water partition coefficient (Wildman–Crippen LogP) is 5.54. The number of ether oxygens (including phenoxy) is 1. The molecule has 1 amide bonds. The molecular weight excluding hydrogens is 394 g/mol. The number of amides is 1. The van der Waals surface area contributed by atoms with Crippen LogP contribution in [-0.4, -0.2) is 11.7 Å². The molecule has 1 aromatic heterocycles. The van der Waals surface area contributed by atoms with Gasteiger partial charge in [-0.15, -0.1) is 11.3 Å². The molecule has 2 aromatic carbocycles. The SMILES string of the molecule is O=C1CC(c2cccc(Oc3ccccc3)c2)C2=C(CC(c3cccs3)CC2=O)N1. The van der Waals surface area contributed by atoms with Crippen LogP contribution < -0.4 is 10.1 Å². The Bertz CT molecular complexity index is 1120. The van der Waals surface area contributed by atoms with Crippen molar-refractivity contribution in [2.75, 3.05) is 0 Å². The minimum Gasteiger partial charge on any atom is -0.457 e. The Morgan fingerprint density at radius 3 is 2.50 bits per heavy atom. The number of carbonyl (C=O) groups excluding carboxylic acids is 2. The third-order valence-corrected chi connectivity index (χ3v) is 6.76. The fourth-order valence-electron chi connectivity index (χ4n) is 4.39. The van der Waals surface area contributed by atoms with Gasteiger partial charge in [0, 0.05) is 40.8 Å². The molecule has 0 saturated heterocycles. The summed E-state index contributed by atoms with van der Waals surface area (Å²) in [4.78, 5) is 26.9. The highest BCUT2D eigenvalue weighted by molar-refractivity contribution is 7.10. The van der Waals surface area contributed by atoms with Gasteiger partial charge in [0.25, 0.3) is 0 Å². The second-order valence-electron chi connectivity index (χ2n) is 7.73. The van der Waals surface area contributed by atoms with Crippen LogP contribution in [0.1, 0.15) is 41.5 Å². The topological polar surface area (TPSA) is 55.4 Å². The smallest absolute Gasteiger partial charge is 0.225 e. The van der Waals surface area contributed by atoms with Crippen molar-refractivity contribution in [1.29, 1.82) is 0 Å². The monoisotopic (exact) mass is 415 g/mol. The van der Waals surface area contributed by atoms with Crippen LogP contribution in [-0.2, 0) is 9.59 Å². The lowest BCUT2D eigenvalue weighted by molar-refractivity contribution is -0.122. The molecule has 5 rings (SSSR count). The van der Waals surface area contributed by atoms with Crippen LogP contribution in [0.3, 0.4) is 0 Å². The normalized spacial score (nSPS) is 21.2. The van der Waals surface area contributed by atoms with Crippen molar-refractivity contribution in [3.8, 4) is 11.5 Å². The van der Waals surface area contributed by atoms with E-state index in [1.165, 1.54) is 4.88 Å². The molecule has 1 aliphatic carbocycles. The van der Waals surface area contributed by atoms with E-state index in [1.54, 1.807) is 11.3 Å². The fourth-order valence-corrected chi connectivity index (χ4v) is 5.22. The maximum atomic E-state index is 13.2. The van der Waals surface area contributed by atoms with E-state index in [4.69, 9.17) is 4.74 Å². The Kier molecular flexibility index (Phi) is 4.97. The summed E-state index contributed by atoms with van der Waals surface area (Å²) in [7, 11) is 0. The molecule has 0 bridgehead atoms. The van der Waals surface area contributed by atoms with E-state index < -0.39 is 0 Å². The summed E-state index contributed by atoms with van der Waals surface area (Å²) in [6, 6.07) is 21.4. The fraction of sp³-hybridized carbons (Fsp3) is 0.200. The molecule has 4 nitrogen and oxygen atoms in total. The minimum atomic E-state index is -0.232. The van der Waals surface area contributed by atoms with Crippen LogP contribution in [0.25, 0.3) is 0 Å². The average Bonchev–Trinajstić information content (AvgIpc) is 3.29. The van der Waals surface area contributed by atoms with Crippen molar-refractivity contribution < 1.29 is 14.3 Å². The van der Waals surface area contributed by atoms with Crippen molar-refractivity contribution in [2.45, 2.75) is 31.1 Å². The van der Waals surface area contributed by atoms with E-state index in [0.717, 1.165) is 22.6 Å². The molecule has 2 aliphatic rings. The second-order valence-corrected chi connectivity index (χ2v) is 8.71. The van der Waals surface area contributed by atoms with E-state index in [2.05, 4.69) is 11.4 Å². The number of benzene rings is 2. The van der Waals surface area contributed by atoms with Crippen molar-refractivity contribution in [2.24, 2.45) is 0 Å². The van der Waals surface area contributed by atoms with Gasteiger partial charge in [-0.25, -0.2) is 0 Å². The van der Waals surface area contributed by atoms with Gasteiger partial charge in [-0.1, -0.05) is 36.4 Å². The van der Waals surface area contributed by atoms with Gasteiger partial charge in [-0.3, -0.25) is 9.59 Å². The van der Waals surface area contributed by atoms with E-state index in [-0.39, 0.29) is 29.9 Å². The molecule has 0 radical (unpaired) electrons. The summed E-state index contributed by atoms with van der Waals surface area (Å²) in [5.74, 6) is 1.46. The average molecular weight is 416 g/mol. The number of Topliss-reactive ketones (excluding diaryl/α,β-unsaturated/α-hetero) is 1. The summed E-state index contributed by atoms with van der Waals surface area (Å²) >= 11 is 1.67. The van der Waals surface area contributed by atoms with Gasteiger partial charge in [0.2, 0.25) is 5.91 Å². The molecule has 5 heteroatoms. The molecule has 0 saturated carbocycles. The molecule has 2 atom stereocenters. The molecule has 2 heterocycles. The Morgan fingerprint density at radius 1 is 0.867 bits per heavy atom. The van der Waals surface area contributed by atoms with Gasteiger partial charge < -0.3 is 10.1 Å². The van der Waals surface area contributed by atoms with Crippen molar-refractivity contribution >= 4 is 23.0 Å². The maximum Gasteiger partial charge on any atom is 0.225 e. The Labute approximate surface area is 179 Å². The highest BCUT2D eigenvalue weighted by atomic mass is 32.1. The first-order valence-corrected chi connectivity index (χ1v) is 11.0. The molecule has 2 unspecified atom stereocenters. The first-order valence-electron chi connectivity index (χ1n) is 10.1. The quantitative estimate of drug-likeness (QED) is 0.608. The lowest BCUT2D eigenvalue weighted by Gasteiger charge is -2.34. The molecule has 1 aliphatic heterocycles. The number of allylic oxidation sites excluding steroid dienone is 2. The largest absolute Gasteiger partial charge is 0.457 e. The van der Waals surface area contributed by atoms with Crippen LogP contribution in [0.5, 0.6) is 11.5 Å². The summed E-state index contributed by atoms with van der Waals surface area (Å²) in [6.07, 6.45) is 1.47. The number of hydrogen-bond donors (Lipinski definition) is 1. The van der Waals surface area contributed by atoms with Crippen LogP contribution in [0, 0.1) is 0 Å². The minimum absolute atomic E-state index is 0.0345. The van der Waals surface area contributed by atoms with Crippen molar-refractivity contribution in [3.05, 3.63) is 93.8 Å². The summed E-state index contributed by atoms with van der Waals surface area (Å²) < 4.78 is 5.97. The highest BCUT2D eigenvalue weighted by Crippen LogP contribution is 2.43. The van der Waals surface area contributed by atoms with Crippen molar-refractivity contribution in [3.63, 3.8) is 0 Å². The second kappa shape index (κ2) is 7.92. The third-order valence-electron chi connectivity index (χ3n) is 5.72. The number of nitrogens with one attached hydrogen (secondary N) is 1. The van der Waals surface area contributed by atoms with Gasteiger partial charge in [0.05, 0.1) is 0 Å². The molecule has 3 aromatic rings. The number of ketones is 1.